The highest BCUT2D eigenvalue weighted by atomic mass is 127. The maximum atomic E-state index is 4.19. The molecule has 16 heavy (non-hydrogen) atoms. The third-order valence-electron chi connectivity index (χ3n) is 1.96. The molecule has 0 saturated heterocycles. The van der Waals surface area contributed by atoms with Gasteiger partial charge in [0, 0.05) is 50.2 Å². The molecule has 0 aliphatic rings. The molecule has 0 spiro atoms. The lowest BCUT2D eigenvalue weighted by Gasteiger charge is -2.10. The molecular formula is C10H4I4N2. The maximum absolute atomic E-state index is 4.19. The number of rotatable bonds is 1. The summed E-state index contributed by atoms with van der Waals surface area (Å²) in [4.78, 5) is 8.39. The summed E-state index contributed by atoms with van der Waals surface area (Å²) in [7, 11) is 0. The van der Waals surface area contributed by atoms with Crippen molar-refractivity contribution in [2.24, 2.45) is 0 Å². The third kappa shape index (κ3) is 2.79. The van der Waals surface area contributed by atoms with Crippen molar-refractivity contribution in [3.05, 3.63) is 39.1 Å². The van der Waals surface area contributed by atoms with E-state index in [0.29, 0.717) is 0 Å². The van der Waals surface area contributed by atoms with Crippen molar-refractivity contribution in [2.75, 3.05) is 0 Å². The van der Waals surface area contributed by atoms with Crippen molar-refractivity contribution in [3.8, 4) is 11.1 Å². The van der Waals surface area contributed by atoms with Gasteiger partial charge in [-0.2, -0.15) is 0 Å². The lowest BCUT2D eigenvalue weighted by atomic mass is 10.1. The van der Waals surface area contributed by atoms with E-state index in [1.165, 1.54) is 25.4 Å². The zero-order valence-corrected chi connectivity index (χ0v) is 16.3. The summed E-state index contributed by atoms with van der Waals surface area (Å²) in [5.41, 5.74) is 2.51. The van der Waals surface area contributed by atoms with Gasteiger partial charge in [-0.3, -0.25) is 9.97 Å². The first kappa shape index (κ1) is 13.6. The molecule has 6 heteroatoms. The number of pyridine rings is 2. The molecule has 0 aromatic carbocycles. The van der Waals surface area contributed by atoms with Crippen LogP contribution in [0, 0.1) is 14.3 Å². The highest BCUT2D eigenvalue weighted by Crippen LogP contribution is 2.35. The van der Waals surface area contributed by atoms with E-state index in [2.05, 4.69) is 100 Å². The Labute approximate surface area is 148 Å². The number of hydrogen-bond acceptors (Lipinski definition) is 2. The standard InChI is InChI=1S/C10H4I4N2/c11-5-1-15-2-6(12)9(5)10-7(13)3-16-4-8(10)14/h1-4H. The highest BCUT2D eigenvalue weighted by molar-refractivity contribution is 14.1. The van der Waals surface area contributed by atoms with Crippen molar-refractivity contribution < 1.29 is 0 Å². The largest absolute Gasteiger partial charge is 0.262 e. The van der Waals surface area contributed by atoms with E-state index >= 15 is 0 Å². The minimum absolute atomic E-state index is 1.17. The quantitative estimate of drug-likeness (QED) is 0.420. The molecule has 0 fully saturated rings. The van der Waals surface area contributed by atoms with Crippen LogP contribution in [0.2, 0.25) is 0 Å². The van der Waals surface area contributed by atoms with Crippen LogP contribution in [0.5, 0.6) is 0 Å². The molecule has 2 nitrogen and oxygen atoms in total. The van der Waals surface area contributed by atoms with Crippen LogP contribution in [0.1, 0.15) is 0 Å². The second-order valence-corrected chi connectivity index (χ2v) is 7.61. The monoisotopic (exact) mass is 660 g/mol. The molecule has 2 aromatic heterocycles. The predicted octanol–water partition coefficient (Wildman–Crippen LogP) is 4.56. The van der Waals surface area contributed by atoms with Crippen molar-refractivity contribution in [1.82, 2.24) is 9.97 Å². The highest BCUT2D eigenvalue weighted by Gasteiger charge is 2.14. The van der Waals surface area contributed by atoms with Gasteiger partial charge in [0.25, 0.3) is 0 Å². The van der Waals surface area contributed by atoms with Gasteiger partial charge in [-0.1, -0.05) is 0 Å². The summed E-state index contributed by atoms with van der Waals surface area (Å²) < 4.78 is 4.69. The second kappa shape index (κ2) is 5.91. The molecular weight excluding hydrogens is 656 g/mol. The zero-order chi connectivity index (χ0) is 11.7. The first-order valence-electron chi connectivity index (χ1n) is 4.19. The van der Waals surface area contributed by atoms with E-state index < -0.39 is 0 Å². The summed E-state index contributed by atoms with van der Waals surface area (Å²) in [6.07, 6.45) is 7.57. The number of hydrogen-bond donors (Lipinski definition) is 0. The molecule has 0 radical (unpaired) electrons. The molecule has 82 valence electrons. The Morgan fingerprint density at radius 3 is 1.06 bits per heavy atom. The van der Waals surface area contributed by atoms with Crippen LogP contribution in [-0.4, -0.2) is 9.97 Å². The molecule has 0 atom stereocenters. The van der Waals surface area contributed by atoms with Crippen molar-refractivity contribution >= 4 is 90.4 Å². The lowest BCUT2D eigenvalue weighted by Crippen LogP contribution is -1.95. The van der Waals surface area contributed by atoms with Gasteiger partial charge in [0.2, 0.25) is 0 Å². The minimum Gasteiger partial charge on any atom is -0.262 e. The van der Waals surface area contributed by atoms with Gasteiger partial charge in [-0.15, -0.1) is 0 Å². The van der Waals surface area contributed by atoms with Gasteiger partial charge < -0.3 is 0 Å². The van der Waals surface area contributed by atoms with Gasteiger partial charge in [0.05, 0.1) is 0 Å². The molecule has 0 unspecified atom stereocenters. The summed E-state index contributed by atoms with van der Waals surface area (Å²) in [6, 6.07) is 0. The summed E-state index contributed by atoms with van der Waals surface area (Å²) in [5, 5.41) is 0. The summed E-state index contributed by atoms with van der Waals surface area (Å²) in [6.45, 7) is 0. The van der Waals surface area contributed by atoms with E-state index in [1.807, 2.05) is 24.8 Å². The number of nitrogens with zero attached hydrogens (tertiary/aromatic N) is 2. The third-order valence-corrected chi connectivity index (χ3v) is 5.23. The number of halogens is 4. The Morgan fingerprint density at radius 1 is 0.562 bits per heavy atom. The predicted molar refractivity (Wildman–Crippen MR) is 98.3 cm³/mol. The van der Waals surface area contributed by atoms with Gasteiger partial charge >= 0.3 is 0 Å². The maximum Gasteiger partial charge on any atom is 0.0408 e. The second-order valence-electron chi connectivity index (χ2n) is 2.96. The van der Waals surface area contributed by atoms with E-state index in [-0.39, 0.29) is 0 Å². The van der Waals surface area contributed by atoms with Crippen LogP contribution in [0.15, 0.2) is 24.8 Å². The molecule has 0 saturated carbocycles. The molecule has 2 rings (SSSR count). The molecule has 0 amide bonds. The van der Waals surface area contributed by atoms with Crippen molar-refractivity contribution in [3.63, 3.8) is 0 Å². The Hall–Kier alpha value is 1.22. The number of aromatic nitrogens is 2. The van der Waals surface area contributed by atoms with E-state index in [4.69, 9.17) is 0 Å². The fourth-order valence-corrected chi connectivity index (χ4v) is 5.22. The van der Waals surface area contributed by atoms with Crippen LogP contribution >= 0.6 is 90.4 Å². The molecule has 0 aliphatic carbocycles. The molecule has 2 aromatic rings. The SMILES string of the molecule is Ic1cncc(I)c1-c1c(I)cncc1I. The van der Waals surface area contributed by atoms with Crippen LogP contribution in [0.4, 0.5) is 0 Å². The Morgan fingerprint density at radius 2 is 0.812 bits per heavy atom. The van der Waals surface area contributed by atoms with Crippen molar-refractivity contribution in [1.29, 1.82) is 0 Å². The Kier molecular flexibility index (Phi) is 5.04. The van der Waals surface area contributed by atoms with E-state index in [0.717, 1.165) is 0 Å². The average Bonchev–Trinajstić information content (AvgIpc) is 2.21. The molecule has 0 N–H and O–H groups in total. The van der Waals surface area contributed by atoms with Gasteiger partial charge in [0.15, 0.2) is 0 Å². The fraction of sp³-hybridized carbons (Fsp3) is 0. The smallest absolute Gasteiger partial charge is 0.0408 e. The van der Waals surface area contributed by atoms with Crippen LogP contribution < -0.4 is 0 Å². The summed E-state index contributed by atoms with van der Waals surface area (Å²) >= 11 is 9.31. The zero-order valence-electron chi connectivity index (χ0n) is 7.72. The molecule has 0 aliphatic heterocycles. The average molecular weight is 660 g/mol. The normalized spacial score (nSPS) is 10.5. The van der Waals surface area contributed by atoms with Gasteiger partial charge in [-0.25, -0.2) is 0 Å². The van der Waals surface area contributed by atoms with Crippen LogP contribution in [0.3, 0.4) is 0 Å². The van der Waals surface area contributed by atoms with E-state index in [1.54, 1.807) is 0 Å². The van der Waals surface area contributed by atoms with Crippen LogP contribution in [-0.2, 0) is 0 Å². The Balaban J connectivity index is 2.77. The first-order valence-corrected chi connectivity index (χ1v) is 8.51. The lowest BCUT2D eigenvalue weighted by molar-refractivity contribution is 1.25. The minimum atomic E-state index is 1.17. The first-order chi connectivity index (χ1) is 7.61. The van der Waals surface area contributed by atoms with E-state index in [9.17, 15) is 0 Å². The summed E-state index contributed by atoms with van der Waals surface area (Å²) in [5.74, 6) is 0. The van der Waals surface area contributed by atoms with Crippen molar-refractivity contribution in [2.45, 2.75) is 0 Å². The molecule has 2 heterocycles. The van der Waals surface area contributed by atoms with Gasteiger partial charge in [0.1, 0.15) is 0 Å². The fourth-order valence-electron chi connectivity index (χ4n) is 1.30. The Bertz CT molecular complexity index is 452. The molecule has 0 bridgehead atoms. The van der Waals surface area contributed by atoms with Crippen LogP contribution in [0.25, 0.3) is 11.1 Å². The topological polar surface area (TPSA) is 25.8 Å². The van der Waals surface area contributed by atoms with Gasteiger partial charge in [-0.05, 0) is 90.4 Å².